The van der Waals surface area contributed by atoms with Crippen molar-refractivity contribution in [2.45, 2.75) is 51.5 Å². The van der Waals surface area contributed by atoms with Crippen LogP contribution in [-0.4, -0.2) is 38.1 Å². The second-order valence-corrected chi connectivity index (χ2v) is 6.37. The van der Waals surface area contributed by atoms with Crippen molar-refractivity contribution < 1.29 is 4.79 Å². The van der Waals surface area contributed by atoms with Crippen LogP contribution < -0.4 is 0 Å². The molecule has 6 nitrogen and oxygen atoms in total. The fourth-order valence-corrected chi connectivity index (χ4v) is 3.59. The molecule has 1 aromatic heterocycles. The Morgan fingerprint density at radius 3 is 2.57 bits per heavy atom. The lowest BCUT2D eigenvalue weighted by atomic mass is 9.79. The van der Waals surface area contributed by atoms with Gasteiger partial charge in [0.1, 0.15) is 5.54 Å². The molecule has 0 saturated heterocycles. The van der Waals surface area contributed by atoms with Crippen LogP contribution in [0.25, 0.3) is 5.69 Å². The number of aryl methyl sites for hydroxylation is 1. The molecule has 0 bridgehead atoms. The molecule has 0 N–H and O–H groups in total. The SMILES string of the molecule is CC(=O)N(C)C1(c2nnnn2-c2ccccc2C)CCCCC1. The second-order valence-electron chi connectivity index (χ2n) is 6.37. The van der Waals surface area contributed by atoms with Crippen molar-refractivity contribution in [1.29, 1.82) is 0 Å². The van der Waals surface area contributed by atoms with Crippen LogP contribution in [0.3, 0.4) is 0 Å². The van der Waals surface area contributed by atoms with E-state index in [4.69, 9.17) is 0 Å². The monoisotopic (exact) mass is 313 g/mol. The molecule has 0 spiro atoms. The molecule has 3 rings (SSSR count). The van der Waals surface area contributed by atoms with Gasteiger partial charge in [0.05, 0.1) is 5.69 Å². The van der Waals surface area contributed by atoms with Crippen molar-refractivity contribution in [1.82, 2.24) is 25.1 Å². The minimum atomic E-state index is -0.421. The minimum absolute atomic E-state index is 0.0474. The molecule has 1 aromatic carbocycles. The van der Waals surface area contributed by atoms with E-state index in [9.17, 15) is 4.79 Å². The predicted molar refractivity (Wildman–Crippen MR) is 87.1 cm³/mol. The predicted octanol–water partition coefficient (Wildman–Crippen LogP) is 2.61. The average Bonchev–Trinajstić information content (AvgIpc) is 3.05. The molecule has 1 saturated carbocycles. The Hall–Kier alpha value is -2.24. The van der Waals surface area contributed by atoms with Gasteiger partial charge in [0.25, 0.3) is 0 Å². The van der Waals surface area contributed by atoms with Gasteiger partial charge in [-0.1, -0.05) is 37.5 Å². The summed E-state index contributed by atoms with van der Waals surface area (Å²) < 4.78 is 1.81. The third-order valence-electron chi connectivity index (χ3n) is 5.02. The van der Waals surface area contributed by atoms with E-state index in [-0.39, 0.29) is 5.91 Å². The van der Waals surface area contributed by atoms with E-state index in [1.807, 2.05) is 43.1 Å². The van der Waals surface area contributed by atoms with Gasteiger partial charge in [-0.3, -0.25) is 4.79 Å². The lowest BCUT2D eigenvalue weighted by Crippen LogP contribution is -2.49. The van der Waals surface area contributed by atoms with E-state index < -0.39 is 5.54 Å². The number of hydrogen-bond acceptors (Lipinski definition) is 4. The molecule has 1 aliphatic carbocycles. The molecule has 1 amide bonds. The first kappa shape index (κ1) is 15.6. The number of hydrogen-bond donors (Lipinski definition) is 0. The summed E-state index contributed by atoms with van der Waals surface area (Å²) in [6.45, 7) is 3.65. The Morgan fingerprint density at radius 2 is 1.91 bits per heavy atom. The number of carbonyl (C=O) groups is 1. The fraction of sp³-hybridized carbons (Fsp3) is 0.529. The highest BCUT2D eigenvalue weighted by atomic mass is 16.2. The molecule has 2 aromatic rings. The first-order valence-corrected chi connectivity index (χ1v) is 8.15. The molecule has 6 heteroatoms. The zero-order chi connectivity index (χ0) is 16.4. The Labute approximate surface area is 136 Å². The smallest absolute Gasteiger partial charge is 0.220 e. The van der Waals surface area contributed by atoms with Crippen molar-refractivity contribution >= 4 is 5.91 Å². The van der Waals surface area contributed by atoms with E-state index in [1.54, 1.807) is 11.6 Å². The topological polar surface area (TPSA) is 63.9 Å². The molecule has 1 fully saturated rings. The molecule has 23 heavy (non-hydrogen) atoms. The van der Waals surface area contributed by atoms with Gasteiger partial charge < -0.3 is 4.90 Å². The van der Waals surface area contributed by atoms with E-state index in [2.05, 4.69) is 15.5 Å². The number of benzene rings is 1. The van der Waals surface area contributed by atoms with Crippen LogP contribution in [0.15, 0.2) is 24.3 Å². The molecular formula is C17H23N5O. The highest BCUT2D eigenvalue weighted by Crippen LogP contribution is 2.41. The maximum absolute atomic E-state index is 12.1. The number of para-hydroxylation sites is 1. The van der Waals surface area contributed by atoms with Crippen LogP contribution in [-0.2, 0) is 10.3 Å². The van der Waals surface area contributed by atoms with Crippen LogP contribution in [0.2, 0.25) is 0 Å². The Bertz CT molecular complexity index is 703. The van der Waals surface area contributed by atoms with Gasteiger partial charge >= 0.3 is 0 Å². The summed E-state index contributed by atoms with van der Waals surface area (Å²) in [5, 5.41) is 12.5. The van der Waals surface area contributed by atoms with Crippen molar-refractivity contribution in [2.75, 3.05) is 7.05 Å². The summed E-state index contributed by atoms with van der Waals surface area (Å²) in [7, 11) is 1.87. The number of aromatic nitrogens is 4. The van der Waals surface area contributed by atoms with Gasteiger partial charge in [0, 0.05) is 14.0 Å². The van der Waals surface area contributed by atoms with Gasteiger partial charge in [-0.05, 0) is 41.8 Å². The first-order valence-electron chi connectivity index (χ1n) is 8.15. The standard InChI is InChI=1S/C17H23N5O/c1-13-9-5-6-10-15(13)22-16(18-19-20-22)17(21(3)14(2)23)11-7-4-8-12-17/h5-6,9-10H,4,7-8,11-12H2,1-3H3. The fourth-order valence-electron chi connectivity index (χ4n) is 3.59. The van der Waals surface area contributed by atoms with Crippen LogP contribution in [0, 0.1) is 6.92 Å². The summed E-state index contributed by atoms with van der Waals surface area (Å²) in [6, 6.07) is 8.04. The second kappa shape index (κ2) is 6.10. The van der Waals surface area contributed by atoms with Crippen molar-refractivity contribution in [3.8, 4) is 5.69 Å². The third-order valence-corrected chi connectivity index (χ3v) is 5.02. The lowest BCUT2D eigenvalue weighted by molar-refractivity contribution is -0.135. The molecular weight excluding hydrogens is 290 g/mol. The van der Waals surface area contributed by atoms with E-state index in [0.29, 0.717) is 0 Å². The van der Waals surface area contributed by atoms with Crippen molar-refractivity contribution in [3.05, 3.63) is 35.7 Å². The first-order chi connectivity index (χ1) is 11.1. The van der Waals surface area contributed by atoms with Gasteiger partial charge in [0.15, 0.2) is 5.82 Å². The highest BCUT2D eigenvalue weighted by Gasteiger charge is 2.44. The summed E-state index contributed by atoms with van der Waals surface area (Å²) >= 11 is 0. The maximum atomic E-state index is 12.1. The normalized spacial score (nSPS) is 17.0. The lowest BCUT2D eigenvalue weighted by Gasteiger charge is -2.43. The minimum Gasteiger partial charge on any atom is -0.333 e. The van der Waals surface area contributed by atoms with Gasteiger partial charge in [-0.2, -0.15) is 4.68 Å². The summed E-state index contributed by atoms with van der Waals surface area (Å²) in [4.78, 5) is 13.9. The van der Waals surface area contributed by atoms with Crippen LogP contribution in [0.4, 0.5) is 0 Å². The molecule has 122 valence electrons. The Kier molecular flexibility index (Phi) is 4.15. The summed E-state index contributed by atoms with van der Waals surface area (Å²) in [5.41, 5.74) is 1.66. The number of tetrazole rings is 1. The van der Waals surface area contributed by atoms with Gasteiger partial charge in [0.2, 0.25) is 5.91 Å². The number of carbonyl (C=O) groups excluding carboxylic acids is 1. The number of rotatable bonds is 3. The zero-order valence-electron chi connectivity index (χ0n) is 14.0. The van der Waals surface area contributed by atoms with Crippen molar-refractivity contribution in [2.24, 2.45) is 0 Å². The highest BCUT2D eigenvalue weighted by molar-refractivity contribution is 5.74. The van der Waals surface area contributed by atoms with E-state index in [0.717, 1.165) is 42.8 Å². The number of nitrogens with zero attached hydrogens (tertiary/aromatic N) is 5. The number of amides is 1. The molecule has 0 aliphatic heterocycles. The average molecular weight is 313 g/mol. The molecule has 1 heterocycles. The van der Waals surface area contributed by atoms with E-state index >= 15 is 0 Å². The van der Waals surface area contributed by atoms with Crippen LogP contribution in [0.1, 0.15) is 50.4 Å². The summed E-state index contributed by atoms with van der Waals surface area (Å²) in [6.07, 6.45) is 5.15. The molecule has 1 aliphatic rings. The Morgan fingerprint density at radius 1 is 1.22 bits per heavy atom. The van der Waals surface area contributed by atoms with Gasteiger partial charge in [-0.15, -0.1) is 5.10 Å². The summed E-state index contributed by atoms with van der Waals surface area (Å²) in [5.74, 6) is 0.815. The molecule has 0 atom stereocenters. The zero-order valence-corrected chi connectivity index (χ0v) is 14.0. The van der Waals surface area contributed by atoms with Gasteiger partial charge in [-0.25, -0.2) is 0 Å². The Balaban J connectivity index is 2.14. The molecule has 0 radical (unpaired) electrons. The van der Waals surface area contributed by atoms with Crippen LogP contribution >= 0.6 is 0 Å². The van der Waals surface area contributed by atoms with Crippen molar-refractivity contribution in [3.63, 3.8) is 0 Å². The maximum Gasteiger partial charge on any atom is 0.220 e. The quantitative estimate of drug-likeness (QED) is 0.874. The van der Waals surface area contributed by atoms with Crippen LogP contribution in [0.5, 0.6) is 0 Å². The third kappa shape index (κ3) is 2.62. The molecule has 0 unspecified atom stereocenters. The largest absolute Gasteiger partial charge is 0.333 e. The van der Waals surface area contributed by atoms with E-state index in [1.165, 1.54) is 6.42 Å².